The summed E-state index contributed by atoms with van der Waals surface area (Å²) in [4.78, 5) is 15.6. The van der Waals surface area contributed by atoms with Gasteiger partial charge in [0.15, 0.2) is 5.82 Å². The average Bonchev–Trinajstić information content (AvgIpc) is 2.94. The number of aromatic nitrogens is 2. The number of carbonyl (C=O) groups excluding carboxylic acids is 1. The molecule has 112 valence electrons. The Morgan fingerprint density at radius 2 is 2.24 bits per heavy atom. The van der Waals surface area contributed by atoms with Crippen molar-refractivity contribution in [2.45, 2.75) is 19.9 Å². The Kier molecular flexibility index (Phi) is 5.74. The van der Waals surface area contributed by atoms with Crippen LogP contribution in [-0.4, -0.2) is 27.6 Å². The maximum atomic E-state index is 13.6. The molecule has 0 radical (unpaired) electrons. The standard InChI is InChI=1S/C14H16FN3O2S/c1-2-7-21-9-13(19)16-8-12-17-14(20-18-12)10-5-3-4-6-11(10)15/h3-6H,2,7-9H2,1H3,(H,16,19). The van der Waals surface area contributed by atoms with E-state index in [1.807, 2.05) is 0 Å². The summed E-state index contributed by atoms with van der Waals surface area (Å²) in [5, 5.41) is 6.43. The fourth-order valence-corrected chi connectivity index (χ4v) is 2.33. The van der Waals surface area contributed by atoms with Crippen LogP contribution in [0.3, 0.4) is 0 Å². The van der Waals surface area contributed by atoms with Crippen LogP contribution in [-0.2, 0) is 11.3 Å². The number of hydrogen-bond donors (Lipinski definition) is 1. The second kappa shape index (κ2) is 7.78. The van der Waals surface area contributed by atoms with E-state index < -0.39 is 5.82 Å². The number of amides is 1. The number of benzene rings is 1. The first-order chi connectivity index (χ1) is 10.2. The van der Waals surface area contributed by atoms with Crippen molar-refractivity contribution in [3.8, 4) is 11.5 Å². The molecular weight excluding hydrogens is 293 g/mol. The van der Waals surface area contributed by atoms with Gasteiger partial charge < -0.3 is 9.84 Å². The fraction of sp³-hybridized carbons (Fsp3) is 0.357. The zero-order chi connectivity index (χ0) is 15.1. The van der Waals surface area contributed by atoms with E-state index in [-0.39, 0.29) is 23.9 Å². The number of nitrogens with one attached hydrogen (secondary N) is 1. The van der Waals surface area contributed by atoms with E-state index in [9.17, 15) is 9.18 Å². The van der Waals surface area contributed by atoms with Gasteiger partial charge in [-0.25, -0.2) is 4.39 Å². The maximum Gasteiger partial charge on any atom is 0.260 e. The van der Waals surface area contributed by atoms with Gasteiger partial charge >= 0.3 is 0 Å². The first kappa shape index (κ1) is 15.5. The molecule has 0 aliphatic rings. The van der Waals surface area contributed by atoms with Gasteiger partial charge in [0.2, 0.25) is 5.91 Å². The van der Waals surface area contributed by atoms with Crippen molar-refractivity contribution >= 4 is 17.7 Å². The fourth-order valence-electron chi connectivity index (χ4n) is 1.61. The molecule has 0 atom stereocenters. The normalized spacial score (nSPS) is 10.6. The minimum atomic E-state index is -0.423. The Morgan fingerprint density at radius 1 is 1.43 bits per heavy atom. The molecule has 0 spiro atoms. The highest BCUT2D eigenvalue weighted by atomic mass is 32.2. The monoisotopic (exact) mass is 309 g/mol. The zero-order valence-corrected chi connectivity index (χ0v) is 12.5. The molecule has 1 aromatic carbocycles. The summed E-state index contributed by atoms with van der Waals surface area (Å²) in [6, 6.07) is 6.16. The molecule has 0 bridgehead atoms. The van der Waals surface area contributed by atoms with Crippen LogP contribution in [0.1, 0.15) is 19.2 Å². The predicted molar refractivity (Wildman–Crippen MR) is 79.2 cm³/mol. The largest absolute Gasteiger partial charge is 0.348 e. The number of halogens is 1. The van der Waals surface area contributed by atoms with Crippen LogP contribution in [0, 0.1) is 5.82 Å². The van der Waals surface area contributed by atoms with Gasteiger partial charge in [-0.1, -0.05) is 24.2 Å². The highest BCUT2D eigenvalue weighted by molar-refractivity contribution is 7.99. The molecule has 5 nitrogen and oxygen atoms in total. The van der Waals surface area contributed by atoms with Crippen molar-refractivity contribution in [1.82, 2.24) is 15.5 Å². The van der Waals surface area contributed by atoms with Gasteiger partial charge in [-0.2, -0.15) is 16.7 Å². The number of hydrogen-bond acceptors (Lipinski definition) is 5. The van der Waals surface area contributed by atoms with E-state index in [1.54, 1.807) is 30.0 Å². The highest BCUT2D eigenvalue weighted by Crippen LogP contribution is 2.20. The quantitative estimate of drug-likeness (QED) is 0.796. The third-order valence-corrected chi connectivity index (χ3v) is 3.76. The van der Waals surface area contributed by atoms with Crippen molar-refractivity contribution in [3.63, 3.8) is 0 Å². The third-order valence-electron chi connectivity index (χ3n) is 2.60. The Labute approximate surface area is 126 Å². The summed E-state index contributed by atoms with van der Waals surface area (Å²) in [6.07, 6.45) is 1.04. The highest BCUT2D eigenvalue weighted by Gasteiger charge is 2.13. The molecule has 2 aromatic rings. The molecular formula is C14H16FN3O2S. The van der Waals surface area contributed by atoms with E-state index in [2.05, 4.69) is 22.4 Å². The third kappa shape index (κ3) is 4.56. The molecule has 0 aliphatic carbocycles. The van der Waals surface area contributed by atoms with Crippen molar-refractivity contribution in [2.24, 2.45) is 0 Å². The zero-order valence-electron chi connectivity index (χ0n) is 11.6. The van der Waals surface area contributed by atoms with E-state index in [0.717, 1.165) is 12.2 Å². The topological polar surface area (TPSA) is 68.0 Å². The molecule has 1 heterocycles. The molecule has 0 aliphatic heterocycles. The van der Waals surface area contributed by atoms with Gasteiger partial charge in [-0.15, -0.1) is 0 Å². The number of carbonyl (C=O) groups is 1. The summed E-state index contributed by atoms with van der Waals surface area (Å²) in [7, 11) is 0. The van der Waals surface area contributed by atoms with Crippen LogP contribution in [0.25, 0.3) is 11.5 Å². The Hall–Kier alpha value is -1.89. The van der Waals surface area contributed by atoms with Crippen molar-refractivity contribution < 1.29 is 13.7 Å². The van der Waals surface area contributed by atoms with E-state index in [4.69, 9.17) is 4.52 Å². The van der Waals surface area contributed by atoms with E-state index in [1.165, 1.54) is 6.07 Å². The molecule has 0 saturated heterocycles. The Bertz CT molecular complexity index is 603. The van der Waals surface area contributed by atoms with Crippen LogP contribution in [0.2, 0.25) is 0 Å². The molecule has 0 fully saturated rings. The first-order valence-corrected chi connectivity index (χ1v) is 7.78. The number of rotatable bonds is 7. The molecule has 21 heavy (non-hydrogen) atoms. The van der Waals surface area contributed by atoms with Gasteiger partial charge in [0, 0.05) is 0 Å². The number of nitrogens with zero attached hydrogens (tertiary/aromatic N) is 2. The minimum absolute atomic E-state index is 0.0781. The van der Waals surface area contributed by atoms with Gasteiger partial charge in [0.05, 0.1) is 17.9 Å². The van der Waals surface area contributed by atoms with E-state index >= 15 is 0 Å². The average molecular weight is 309 g/mol. The van der Waals surface area contributed by atoms with Gasteiger partial charge in [-0.3, -0.25) is 4.79 Å². The van der Waals surface area contributed by atoms with E-state index in [0.29, 0.717) is 11.6 Å². The van der Waals surface area contributed by atoms with Crippen LogP contribution in [0.15, 0.2) is 28.8 Å². The molecule has 1 amide bonds. The van der Waals surface area contributed by atoms with Gasteiger partial charge in [-0.05, 0) is 24.3 Å². The van der Waals surface area contributed by atoms with Gasteiger partial charge in [0.25, 0.3) is 5.89 Å². The lowest BCUT2D eigenvalue weighted by atomic mass is 10.2. The Balaban J connectivity index is 1.89. The summed E-state index contributed by atoms with van der Waals surface area (Å²) in [5.41, 5.74) is 0.251. The maximum absolute atomic E-state index is 13.6. The second-order valence-corrected chi connectivity index (χ2v) is 5.43. The van der Waals surface area contributed by atoms with Crippen LogP contribution in [0.5, 0.6) is 0 Å². The second-order valence-electron chi connectivity index (χ2n) is 4.32. The predicted octanol–water partition coefficient (Wildman–Crippen LogP) is 2.64. The number of thioether (sulfide) groups is 1. The lowest BCUT2D eigenvalue weighted by Crippen LogP contribution is -2.25. The van der Waals surface area contributed by atoms with Crippen molar-refractivity contribution in [2.75, 3.05) is 11.5 Å². The lowest BCUT2D eigenvalue weighted by Gasteiger charge is -2.01. The van der Waals surface area contributed by atoms with Crippen LogP contribution in [0.4, 0.5) is 4.39 Å². The van der Waals surface area contributed by atoms with Crippen molar-refractivity contribution in [3.05, 3.63) is 35.9 Å². The molecule has 0 saturated carbocycles. The van der Waals surface area contributed by atoms with Crippen LogP contribution >= 0.6 is 11.8 Å². The molecule has 0 unspecified atom stereocenters. The minimum Gasteiger partial charge on any atom is -0.348 e. The summed E-state index contributed by atoms with van der Waals surface area (Å²) in [5.74, 6) is 1.29. The summed E-state index contributed by atoms with van der Waals surface area (Å²) >= 11 is 1.57. The molecule has 7 heteroatoms. The molecule has 2 rings (SSSR count). The molecule has 1 N–H and O–H groups in total. The van der Waals surface area contributed by atoms with Crippen LogP contribution < -0.4 is 5.32 Å². The Morgan fingerprint density at radius 3 is 3.00 bits per heavy atom. The first-order valence-electron chi connectivity index (χ1n) is 6.62. The summed E-state index contributed by atoms with van der Waals surface area (Å²) in [6.45, 7) is 2.23. The SMILES string of the molecule is CCCSCC(=O)NCc1noc(-c2ccccc2F)n1. The lowest BCUT2D eigenvalue weighted by molar-refractivity contribution is -0.118. The summed E-state index contributed by atoms with van der Waals surface area (Å²) < 4.78 is 18.6. The van der Waals surface area contributed by atoms with Crippen molar-refractivity contribution in [1.29, 1.82) is 0 Å². The molecule has 1 aromatic heterocycles. The van der Waals surface area contributed by atoms with Gasteiger partial charge in [0.1, 0.15) is 5.82 Å². The smallest absolute Gasteiger partial charge is 0.260 e.